The van der Waals surface area contributed by atoms with Crippen molar-refractivity contribution in [2.45, 2.75) is 57.2 Å². The van der Waals surface area contributed by atoms with Crippen LogP contribution in [-0.4, -0.2) is 25.3 Å². The topological polar surface area (TPSA) is 45.0 Å². The summed E-state index contributed by atoms with van der Waals surface area (Å²) in [5, 5.41) is 12.0. The van der Waals surface area contributed by atoms with E-state index < -0.39 is 0 Å². The van der Waals surface area contributed by atoms with Gasteiger partial charge < -0.3 is 10.1 Å². The molecule has 0 aliphatic heterocycles. The highest BCUT2D eigenvalue weighted by Gasteiger charge is 2.21. The van der Waals surface area contributed by atoms with Gasteiger partial charge in [0, 0.05) is 19.2 Å². The van der Waals surface area contributed by atoms with Crippen LogP contribution >= 0.6 is 0 Å². The van der Waals surface area contributed by atoms with Gasteiger partial charge >= 0.3 is 0 Å². The highest BCUT2D eigenvalue weighted by Crippen LogP contribution is 2.21. The van der Waals surface area contributed by atoms with Gasteiger partial charge in [-0.15, -0.1) is 0 Å². The third-order valence-electron chi connectivity index (χ3n) is 2.93. The summed E-state index contributed by atoms with van der Waals surface area (Å²) < 4.78 is 5.31. The number of hydrogen-bond donors (Lipinski definition) is 1. The van der Waals surface area contributed by atoms with Crippen LogP contribution in [0.5, 0.6) is 0 Å². The fraction of sp³-hybridized carbons (Fsp3) is 0.909. The molecule has 1 aliphatic rings. The Morgan fingerprint density at radius 3 is 2.57 bits per heavy atom. The SMILES string of the molecule is COC1CCC(NC(C)CC#N)CC1. The van der Waals surface area contributed by atoms with Crippen molar-refractivity contribution in [3.8, 4) is 6.07 Å². The van der Waals surface area contributed by atoms with Crippen molar-refractivity contribution >= 4 is 0 Å². The molecule has 0 radical (unpaired) electrons. The van der Waals surface area contributed by atoms with E-state index in [2.05, 4.69) is 18.3 Å². The lowest BCUT2D eigenvalue weighted by molar-refractivity contribution is 0.0614. The van der Waals surface area contributed by atoms with Crippen molar-refractivity contribution in [1.29, 1.82) is 5.26 Å². The molecule has 0 aromatic rings. The Balaban J connectivity index is 2.19. The van der Waals surface area contributed by atoms with Gasteiger partial charge in [0.25, 0.3) is 0 Å². The summed E-state index contributed by atoms with van der Waals surface area (Å²) in [5.74, 6) is 0. The molecule has 0 bridgehead atoms. The zero-order chi connectivity index (χ0) is 10.4. The van der Waals surface area contributed by atoms with Gasteiger partial charge in [0.1, 0.15) is 0 Å². The van der Waals surface area contributed by atoms with Crippen molar-refractivity contribution in [2.75, 3.05) is 7.11 Å². The summed E-state index contributed by atoms with van der Waals surface area (Å²) in [5.41, 5.74) is 0. The second-order valence-corrected chi connectivity index (χ2v) is 4.14. The van der Waals surface area contributed by atoms with Gasteiger partial charge in [0.05, 0.1) is 18.6 Å². The summed E-state index contributed by atoms with van der Waals surface area (Å²) in [4.78, 5) is 0. The van der Waals surface area contributed by atoms with Gasteiger partial charge in [-0.2, -0.15) is 5.26 Å². The van der Waals surface area contributed by atoms with E-state index in [1.165, 1.54) is 12.8 Å². The minimum Gasteiger partial charge on any atom is -0.381 e. The second kappa shape index (κ2) is 6.00. The smallest absolute Gasteiger partial charge is 0.0638 e. The summed E-state index contributed by atoms with van der Waals surface area (Å²) in [7, 11) is 1.79. The minimum absolute atomic E-state index is 0.323. The molecule has 1 fully saturated rings. The van der Waals surface area contributed by atoms with E-state index in [4.69, 9.17) is 10.00 Å². The Morgan fingerprint density at radius 2 is 2.07 bits per heavy atom. The molecule has 0 aromatic carbocycles. The van der Waals surface area contributed by atoms with Gasteiger partial charge in [-0.05, 0) is 32.6 Å². The predicted octanol–water partition coefficient (Wildman–Crippen LogP) is 1.84. The Morgan fingerprint density at radius 1 is 1.43 bits per heavy atom. The lowest BCUT2D eigenvalue weighted by Crippen LogP contribution is -2.40. The monoisotopic (exact) mass is 196 g/mol. The molecule has 0 amide bonds. The molecule has 1 atom stereocenters. The van der Waals surface area contributed by atoms with Gasteiger partial charge in [-0.25, -0.2) is 0 Å². The Kier molecular flexibility index (Phi) is 4.92. The quantitative estimate of drug-likeness (QED) is 0.746. The van der Waals surface area contributed by atoms with Crippen molar-refractivity contribution in [3.63, 3.8) is 0 Å². The number of nitrogens with zero attached hydrogens (tertiary/aromatic N) is 1. The second-order valence-electron chi connectivity index (χ2n) is 4.14. The largest absolute Gasteiger partial charge is 0.381 e. The van der Waals surface area contributed by atoms with Gasteiger partial charge in [0.2, 0.25) is 0 Å². The normalized spacial score (nSPS) is 29.5. The third kappa shape index (κ3) is 3.65. The number of methoxy groups -OCH3 is 1. The fourth-order valence-corrected chi connectivity index (χ4v) is 2.06. The zero-order valence-corrected chi connectivity index (χ0v) is 9.12. The van der Waals surface area contributed by atoms with Crippen LogP contribution in [0.4, 0.5) is 0 Å². The molecule has 1 N–H and O–H groups in total. The molecule has 0 aromatic heterocycles. The fourth-order valence-electron chi connectivity index (χ4n) is 2.06. The molecule has 80 valence electrons. The van der Waals surface area contributed by atoms with Crippen LogP contribution in [0.25, 0.3) is 0 Å². The lowest BCUT2D eigenvalue weighted by Gasteiger charge is -2.30. The third-order valence-corrected chi connectivity index (χ3v) is 2.93. The predicted molar refractivity (Wildman–Crippen MR) is 55.9 cm³/mol. The molecular formula is C11H20N2O. The summed E-state index contributed by atoms with van der Waals surface area (Å²) in [6, 6.07) is 3.10. The molecule has 1 unspecified atom stereocenters. The minimum atomic E-state index is 0.323. The molecule has 1 rings (SSSR count). The molecular weight excluding hydrogens is 176 g/mol. The Hall–Kier alpha value is -0.590. The van der Waals surface area contributed by atoms with Crippen LogP contribution in [0.1, 0.15) is 39.0 Å². The van der Waals surface area contributed by atoms with Crippen LogP contribution in [0, 0.1) is 11.3 Å². The van der Waals surface area contributed by atoms with E-state index in [0.29, 0.717) is 24.6 Å². The maximum atomic E-state index is 8.54. The van der Waals surface area contributed by atoms with Crippen molar-refractivity contribution in [1.82, 2.24) is 5.32 Å². The number of hydrogen-bond acceptors (Lipinski definition) is 3. The zero-order valence-electron chi connectivity index (χ0n) is 9.12. The summed E-state index contributed by atoms with van der Waals surface area (Å²) in [6.45, 7) is 2.08. The number of rotatable bonds is 4. The van der Waals surface area contributed by atoms with E-state index in [1.54, 1.807) is 7.11 Å². The molecule has 0 saturated heterocycles. The lowest BCUT2D eigenvalue weighted by atomic mass is 9.92. The molecule has 1 saturated carbocycles. The Labute approximate surface area is 86.4 Å². The molecule has 14 heavy (non-hydrogen) atoms. The van der Waals surface area contributed by atoms with Gasteiger partial charge in [-0.1, -0.05) is 0 Å². The maximum absolute atomic E-state index is 8.54. The molecule has 3 nitrogen and oxygen atoms in total. The number of ether oxygens (including phenoxy) is 1. The maximum Gasteiger partial charge on any atom is 0.0638 e. The van der Waals surface area contributed by atoms with Crippen molar-refractivity contribution in [2.24, 2.45) is 0 Å². The highest BCUT2D eigenvalue weighted by molar-refractivity contribution is 4.83. The molecule has 3 heteroatoms. The van der Waals surface area contributed by atoms with Crippen LogP contribution < -0.4 is 5.32 Å². The van der Waals surface area contributed by atoms with Crippen LogP contribution in [0.15, 0.2) is 0 Å². The average molecular weight is 196 g/mol. The van der Waals surface area contributed by atoms with Gasteiger partial charge in [0.15, 0.2) is 0 Å². The number of nitriles is 1. The van der Waals surface area contributed by atoms with Crippen molar-refractivity contribution < 1.29 is 4.74 Å². The number of nitrogens with one attached hydrogen (secondary N) is 1. The average Bonchev–Trinajstić information content (AvgIpc) is 2.19. The van der Waals surface area contributed by atoms with E-state index in [9.17, 15) is 0 Å². The molecule has 0 heterocycles. The van der Waals surface area contributed by atoms with Crippen molar-refractivity contribution in [3.05, 3.63) is 0 Å². The first-order chi connectivity index (χ1) is 6.76. The van der Waals surface area contributed by atoms with Gasteiger partial charge in [-0.3, -0.25) is 0 Å². The van der Waals surface area contributed by atoms with E-state index in [-0.39, 0.29) is 0 Å². The van der Waals surface area contributed by atoms with Crippen LogP contribution in [0.3, 0.4) is 0 Å². The first-order valence-corrected chi connectivity index (χ1v) is 5.42. The highest BCUT2D eigenvalue weighted by atomic mass is 16.5. The van der Waals surface area contributed by atoms with Crippen LogP contribution in [-0.2, 0) is 4.74 Å². The van der Waals surface area contributed by atoms with Crippen LogP contribution in [0.2, 0.25) is 0 Å². The Bertz CT molecular complexity index is 192. The first kappa shape index (κ1) is 11.5. The summed E-state index contributed by atoms with van der Waals surface area (Å²) >= 11 is 0. The molecule has 1 aliphatic carbocycles. The standard InChI is InChI=1S/C11H20N2O/c1-9(7-8-12)13-10-3-5-11(14-2)6-4-10/h9-11,13H,3-7H2,1-2H3. The summed E-state index contributed by atoms with van der Waals surface area (Å²) in [6.07, 6.45) is 5.70. The van der Waals surface area contributed by atoms with E-state index in [1.807, 2.05) is 0 Å². The first-order valence-electron chi connectivity index (χ1n) is 5.42. The molecule has 0 spiro atoms. The van der Waals surface area contributed by atoms with E-state index >= 15 is 0 Å². The van der Waals surface area contributed by atoms with E-state index in [0.717, 1.165) is 12.8 Å².